The summed E-state index contributed by atoms with van der Waals surface area (Å²) >= 11 is 0. The number of benzene rings is 3. The zero-order chi connectivity index (χ0) is 30.0. The third-order valence-corrected chi connectivity index (χ3v) is 8.73. The second kappa shape index (κ2) is 14.7. The second-order valence-electron chi connectivity index (χ2n) is 10.1. The number of carbonyl (C=O) groups is 2. The Bertz CT molecular complexity index is 1390. The van der Waals surface area contributed by atoms with Crippen LogP contribution in [0.5, 0.6) is 5.75 Å². The fourth-order valence-corrected chi connectivity index (χ4v) is 5.84. The number of amides is 2. The Labute approximate surface area is 244 Å². The summed E-state index contributed by atoms with van der Waals surface area (Å²) in [4.78, 5) is 28.9. The zero-order valence-corrected chi connectivity index (χ0v) is 25.4. The van der Waals surface area contributed by atoms with E-state index in [4.69, 9.17) is 4.74 Å². The maximum absolute atomic E-state index is 14.1. The van der Waals surface area contributed by atoms with E-state index in [1.54, 1.807) is 36.4 Å². The van der Waals surface area contributed by atoms with E-state index in [1.165, 1.54) is 24.1 Å². The number of hydrogen-bond acceptors (Lipinski definition) is 5. The number of aryl methyl sites for hydroxylation is 2. The van der Waals surface area contributed by atoms with Gasteiger partial charge in [0, 0.05) is 13.1 Å². The smallest absolute Gasteiger partial charge is 0.264 e. The molecule has 0 bridgehead atoms. The highest BCUT2D eigenvalue weighted by atomic mass is 32.2. The van der Waals surface area contributed by atoms with Crippen LogP contribution in [0.25, 0.3) is 0 Å². The van der Waals surface area contributed by atoms with Crippen molar-refractivity contribution in [2.75, 3.05) is 24.5 Å². The number of unbranched alkanes of at least 4 members (excludes halogenated alkanes) is 1. The van der Waals surface area contributed by atoms with Gasteiger partial charge in [-0.2, -0.15) is 0 Å². The molecule has 9 heteroatoms. The molecule has 3 rings (SSSR count). The summed E-state index contributed by atoms with van der Waals surface area (Å²) in [7, 11) is -2.60. The SMILES string of the molecule is CCCCNC(=O)[C@@H](CC)N(Cc1ccc(C)cc1)C(=O)CN(c1ccc(OC)cc1)S(=O)(=O)c1ccc(C)cc1. The quantitative estimate of drug-likeness (QED) is 0.264. The number of ether oxygens (including phenoxy) is 1. The van der Waals surface area contributed by atoms with Crippen molar-refractivity contribution < 1.29 is 22.7 Å². The van der Waals surface area contributed by atoms with Gasteiger partial charge in [0.05, 0.1) is 17.7 Å². The highest BCUT2D eigenvalue weighted by molar-refractivity contribution is 7.92. The van der Waals surface area contributed by atoms with Crippen LogP contribution in [0, 0.1) is 13.8 Å². The van der Waals surface area contributed by atoms with Crippen LogP contribution in [0.4, 0.5) is 5.69 Å². The molecule has 0 saturated carbocycles. The van der Waals surface area contributed by atoms with Crippen LogP contribution in [0.2, 0.25) is 0 Å². The number of methoxy groups -OCH3 is 1. The monoisotopic (exact) mass is 579 g/mol. The van der Waals surface area contributed by atoms with E-state index in [2.05, 4.69) is 5.32 Å². The number of nitrogens with zero attached hydrogens (tertiary/aromatic N) is 2. The van der Waals surface area contributed by atoms with Crippen LogP contribution in [-0.4, -0.2) is 51.4 Å². The molecule has 220 valence electrons. The molecule has 8 nitrogen and oxygen atoms in total. The normalized spacial score (nSPS) is 11.9. The maximum atomic E-state index is 14.1. The molecule has 0 spiro atoms. The first-order valence-electron chi connectivity index (χ1n) is 14.0. The van der Waals surface area contributed by atoms with Gasteiger partial charge in [0.1, 0.15) is 18.3 Å². The van der Waals surface area contributed by atoms with Crippen LogP contribution in [0.3, 0.4) is 0 Å². The van der Waals surface area contributed by atoms with Crippen molar-refractivity contribution in [3.8, 4) is 5.75 Å². The Morgan fingerprint density at radius 1 is 0.878 bits per heavy atom. The Hall–Kier alpha value is -3.85. The second-order valence-corrected chi connectivity index (χ2v) is 12.0. The summed E-state index contributed by atoms with van der Waals surface area (Å²) < 4.78 is 34.2. The van der Waals surface area contributed by atoms with E-state index in [9.17, 15) is 18.0 Å². The molecule has 0 unspecified atom stereocenters. The lowest BCUT2D eigenvalue weighted by molar-refractivity contribution is -0.140. The molecule has 0 aliphatic heterocycles. The maximum Gasteiger partial charge on any atom is 0.264 e. The van der Waals surface area contributed by atoms with Gasteiger partial charge in [0.2, 0.25) is 11.8 Å². The molecular weight excluding hydrogens is 538 g/mol. The van der Waals surface area contributed by atoms with E-state index in [0.29, 0.717) is 24.4 Å². The highest BCUT2D eigenvalue weighted by Gasteiger charge is 2.33. The van der Waals surface area contributed by atoms with Crippen LogP contribution in [0.1, 0.15) is 49.8 Å². The zero-order valence-electron chi connectivity index (χ0n) is 24.6. The molecule has 3 aromatic rings. The average Bonchev–Trinajstić information content (AvgIpc) is 2.97. The molecule has 1 atom stereocenters. The summed E-state index contributed by atoms with van der Waals surface area (Å²) in [6, 6.07) is 20.0. The molecule has 3 aromatic carbocycles. The number of hydrogen-bond donors (Lipinski definition) is 1. The number of nitrogens with one attached hydrogen (secondary N) is 1. The minimum Gasteiger partial charge on any atom is -0.497 e. The number of sulfonamides is 1. The Balaban J connectivity index is 2.03. The Kier molecular flexibility index (Phi) is 11.3. The van der Waals surface area contributed by atoms with Gasteiger partial charge in [-0.15, -0.1) is 0 Å². The fourth-order valence-electron chi connectivity index (χ4n) is 4.43. The van der Waals surface area contributed by atoms with Crippen molar-refractivity contribution in [3.05, 3.63) is 89.5 Å². The van der Waals surface area contributed by atoms with Crippen molar-refractivity contribution in [2.45, 2.75) is 64.4 Å². The first kappa shape index (κ1) is 31.7. The van der Waals surface area contributed by atoms with Gasteiger partial charge in [-0.3, -0.25) is 13.9 Å². The average molecular weight is 580 g/mol. The lowest BCUT2D eigenvalue weighted by atomic mass is 10.1. The number of carbonyl (C=O) groups excluding carboxylic acids is 2. The van der Waals surface area contributed by atoms with Gasteiger partial charge in [-0.25, -0.2) is 8.42 Å². The van der Waals surface area contributed by atoms with Crippen LogP contribution < -0.4 is 14.4 Å². The summed E-state index contributed by atoms with van der Waals surface area (Å²) in [5, 5.41) is 2.95. The third kappa shape index (κ3) is 8.33. The molecule has 41 heavy (non-hydrogen) atoms. The molecule has 0 aliphatic carbocycles. The number of rotatable bonds is 14. The lowest BCUT2D eigenvalue weighted by Gasteiger charge is -2.33. The topological polar surface area (TPSA) is 96.0 Å². The first-order valence-corrected chi connectivity index (χ1v) is 15.4. The van der Waals surface area contributed by atoms with Crippen LogP contribution >= 0.6 is 0 Å². The van der Waals surface area contributed by atoms with E-state index in [0.717, 1.165) is 33.8 Å². The van der Waals surface area contributed by atoms with Gasteiger partial charge >= 0.3 is 0 Å². The molecule has 0 fully saturated rings. The minimum absolute atomic E-state index is 0.0705. The summed E-state index contributed by atoms with van der Waals surface area (Å²) in [5.41, 5.74) is 3.16. The molecule has 0 aliphatic rings. The van der Waals surface area contributed by atoms with E-state index >= 15 is 0 Å². The highest BCUT2D eigenvalue weighted by Crippen LogP contribution is 2.27. The predicted octanol–water partition coefficient (Wildman–Crippen LogP) is 5.23. The number of anilines is 1. The summed E-state index contributed by atoms with van der Waals surface area (Å²) in [6.45, 7) is 7.94. The minimum atomic E-state index is -4.12. The molecule has 2 amide bonds. The summed E-state index contributed by atoms with van der Waals surface area (Å²) in [5.74, 6) is -0.170. The van der Waals surface area contributed by atoms with Crippen molar-refractivity contribution in [1.29, 1.82) is 0 Å². The van der Waals surface area contributed by atoms with Crippen molar-refractivity contribution in [2.24, 2.45) is 0 Å². The molecule has 0 heterocycles. The molecule has 0 radical (unpaired) electrons. The molecule has 0 aromatic heterocycles. The van der Waals surface area contributed by atoms with Gasteiger partial charge in [0.15, 0.2) is 0 Å². The third-order valence-electron chi connectivity index (χ3n) is 6.94. The van der Waals surface area contributed by atoms with Gasteiger partial charge in [-0.05, 0) is 68.7 Å². The Morgan fingerprint density at radius 3 is 2.00 bits per heavy atom. The largest absolute Gasteiger partial charge is 0.497 e. The van der Waals surface area contributed by atoms with Crippen LogP contribution in [-0.2, 0) is 26.2 Å². The van der Waals surface area contributed by atoms with Crippen molar-refractivity contribution in [1.82, 2.24) is 10.2 Å². The van der Waals surface area contributed by atoms with Gasteiger partial charge in [-0.1, -0.05) is 67.8 Å². The van der Waals surface area contributed by atoms with E-state index in [1.807, 2.05) is 52.0 Å². The van der Waals surface area contributed by atoms with E-state index < -0.39 is 28.5 Å². The predicted molar refractivity (Wildman–Crippen MR) is 162 cm³/mol. The molecular formula is C32H41N3O5S. The molecule has 0 saturated heterocycles. The lowest BCUT2D eigenvalue weighted by Crippen LogP contribution is -2.52. The standard InChI is InChI=1S/C32H41N3O5S/c1-6-8-21-33-32(37)30(7-2)34(22-26-13-9-24(3)10-14-26)31(36)23-35(27-15-17-28(40-5)18-16-27)41(38,39)29-19-11-25(4)12-20-29/h9-20,30H,6-8,21-23H2,1-5H3,(H,33,37)/t30-/m1/s1. The molecule has 1 N–H and O–H groups in total. The van der Waals surface area contributed by atoms with Crippen molar-refractivity contribution >= 4 is 27.5 Å². The van der Waals surface area contributed by atoms with Gasteiger partial charge < -0.3 is 15.0 Å². The summed E-state index contributed by atoms with van der Waals surface area (Å²) in [6.07, 6.45) is 2.13. The fraction of sp³-hybridized carbons (Fsp3) is 0.375. The van der Waals surface area contributed by atoms with E-state index in [-0.39, 0.29) is 17.3 Å². The Morgan fingerprint density at radius 2 is 1.46 bits per heavy atom. The first-order chi connectivity index (χ1) is 19.6. The van der Waals surface area contributed by atoms with Crippen molar-refractivity contribution in [3.63, 3.8) is 0 Å². The van der Waals surface area contributed by atoms with Gasteiger partial charge in [0.25, 0.3) is 10.0 Å². The van der Waals surface area contributed by atoms with Crippen LogP contribution in [0.15, 0.2) is 77.7 Å².